The van der Waals surface area contributed by atoms with E-state index < -0.39 is 28.2 Å². The molecule has 0 saturated carbocycles. The minimum absolute atomic E-state index is 0.00418. The van der Waals surface area contributed by atoms with E-state index in [4.69, 9.17) is 11.6 Å². The number of sulfonamides is 1. The van der Waals surface area contributed by atoms with E-state index in [9.17, 15) is 17.2 Å². The van der Waals surface area contributed by atoms with Gasteiger partial charge in [-0.15, -0.1) is 10.2 Å². The summed E-state index contributed by atoms with van der Waals surface area (Å²) in [7, 11) is -4.23. The van der Waals surface area contributed by atoms with Gasteiger partial charge in [-0.2, -0.15) is 0 Å². The largest absolute Gasteiger partial charge is 0.288 e. The number of pyridine rings is 1. The first-order valence-corrected chi connectivity index (χ1v) is 10.2. The van der Waals surface area contributed by atoms with Crippen molar-refractivity contribution < 1.29 is 17.2 Å². The molecule has 2 aromatic carbocycles. The predicted octanol–water partition coefficient (Wildman–Crippen LogP) is 4.06. The number of rotatable bonds is 5. The van der Waals surface area contributed by atoms with Crippen molar-refractivity contribution in [3.8, 4) is 0 Å². The topological polar surface area (TPSA) is 67.6 Å². The molecule has 4 rings (SSSR count). The number of hydrogen-bond donors (Lipinski definition) is 0. The van der Waals surface area contributed by atoms with Crippen LogP contribution in [0.1, 0.15) is 5.56 Å². The van der Waals surface area contributed by atoms with Gasteiger partial charge in [-0.1, -0.05) is 17.7 Å². The molecular weight excluding hydrogens is 422 g/mol. The molecule has 4 aromatic rings. The fourth-order valence-corrected chi connectivity index (χ4v) is 4.68. The standard InChI is InChI=1S/C19H13ClF2N4O2S/c20-16-3-1-4-17(22)15(16)11-26(14-8-6-13(21)7-9-14)29(27,28)18-5-2-10-25-12-23-24-19(18)25/h1-10,12H,11H2. The summed E-state index contributed by atoms with van der Waals surface area (Å²) in [6, 6.07) is 11.8. The Morgan fingerprint density at radius 2 is 1.79 bits per heavy atom. The Kier molecular flexibility index (Phi) is 4.93. The summed E-state index contributed by atoms with van der Waals surface area (Å²) in [6.45, 7) is -0.394. The lowest BCUT2D eigenvalue weighted by Crippen LogP contribution is -2.31. The van der Waals surface area contributed by atoms with Crippen molar-refractivity contribution in [2.75, 3.05) is 4.31 Å². The lowest BCUT2D eigenvalue weighted by atomic mass is 10.2. The molecule has 0 N–H and O–H groups in total. The lowest BCUT2D eigenvalue weighted by molar-refractivity contribution is 0.585. The van der Waals surface area contributed by atoms with Gasteiger partial charge in [0.25, 0.3) is 10.0 Å². The SMILES string of the molecule is O=S(=O)(c1cccn2cnnc12)N(Cc1c(F)cccc1Cl)c1ccc(F)cc1. The van der Waals surface area contributed by atoms with E-state index in [0.717, 1.165) is 16.4 Å². The summed E-state index contributed by atoms with van der Waals surface area (Å²) in [4.78, 5) is -0.130. The Bertz CT molecular complexity index is 1270. The Labute approximate surface area is 170 Å². The Balaban J connectivity index is 1.90. The minimum atomic E-state index is -4.23. The van der Waals surface area contributed by atoms with Gasteiger partial charge in [0.15, 0.2) is 5.65 Å². The van der Waals surface area contributed by atoms with Gasteiger partial charge >= 0.3 is 0 Å². The van der Waals surface area contributed by atoms with Crippen molar-refractivity contribution in [1.29, 1.82) is 0 Å². The highest BCUT2D eigenvalue weighted by molar-refractivity contribution is 7.93. The molecule has 0 unspecified atom stereocenters. The van der Waals surface area contributed by atoms with Gasteiger partial charge in [0.2, 0.25) is 0 Å². The molecule has 6 nitrogen and oxygen atoms in total. The van der Waals surface area contributed by atoms with E-state index in [-0.39, 0.29) is 26.8 Å². The third-order valence-corrected chi connectivity index (χ3v) is 6.48. The van der Waals surface area contributed by atoms with Gasteiger partial charge in [-0.25, -0.2) is 17.2 Å². The quantitative estimate of drug-likeness (QED) is 0.475. The second kappa shape index (κ2) is 7.41. The van der Waals surface area contributed by atoms with Crippen molar-refractivity contribution in [3.05, 3.63) is 89.3 Å². The van der Waals surface area contributed by atoms with Crippen LogP contribution in [-0.4, -0.2) is 23.0 Å². The molecule has 2 aromatic heterocycles. The molecule has 0 aliphatic heterocycles. The fraction of sp³-hybridized carbons (Fsp3) is 0.0526. The van der Waals surface area contributed by atoms with Crippen molar-refractivity contribution in [2.24, 2.45) is 0 Å². The average Bonchev–Trinajstić information content (AvgIpc) is 3.17. The van der Waals surface area contributed by atoms with Crippen molar-refractivity contribution in [3.63, 3.8) is 0 Å². The highest BCUT2D eigenvalue weighted by Crippen LogP contribution is 2.30. The van der Waals surface area contributed by atoms with Crippen LogP contribution >= 0.6 is 11.6 Å². The maximum Gasteiger partial charge on any atom is 0.268 e. The first kappa shape index (κ1) is 19.3. The summed E-state index contributed by atoms with van der Waals surface area (Å²) in [6.07, 6.45) is 2.97. The molecular formula is C19H13ClF2N4O2S. The summed E-state index contributed by atoms with van der Waals surface area (Å²) >= 11 is 6.11. The number of aromatic nitrogens is 3. The van der Waals surface area contributed by atoms with E-state index in [1.807, 2.05) is 0 Å². The second-order valence-electron chi connectivity index (χ2n) is 6.12. The molecule has 0 aliphatic carbocycles. The molecule has 0 amide bonds. The normalized spacial score (nSPS) is 11.7. The van der Waals surface area contributed by atoms with Crippen LogP contribution in [0.4, 0.5) is 14.5 Å². The number of anilines is 1. The molecule has 0 spiro atoms. The van der Waals surface area contributed by atoms with Crippen LogP contribution in [0, 0.1) is 11.6 Å². The smallest absolute Gasteiger partial charge is 0.268 e. The third kappa shape index (κ3) is 3.54. The molecule has 0 atom stereocenters. The summed E-state index contributed by atoms with van der Waals surface area (Å²) < 4.78 is 57.3. The molecule has 0 saturated heterocycles. The van der Waals surface area contributed by atoms with E-state index >= 15 is 0 Å². The second-order valence-corrected chi connectivity index (χ2v) is 8.36. The molecule has 29 heavy (non-hydrogen) atoms. The van der Waals surface area contributed by atoms with Gasteiger partial charge < -0.3 is 0 Å². The van der Waals surface area contributed by atoms with Gasteiger partial charge in [-0.3, -0.25) is 8.71 Å². The molecule has 10 heteroatoms. The first-order chi connectivity index (χ1) is 13.9. The van der Waals surface area contributed by atoms with Crippen LogP contribution in [0.25, 0.3) is 5.65 Å². The van der Waals surface area contributed by atoms with Crippen molar-refractivity contribution in [2.45, 2.75) is 11.4 Å². The van der Waals surface area contributed by atoms with Crippen LogP contribution in [0.15, 0.2) is 72.0 Å². The van der Waals surface area contributed by atoms with Crippen LogP contribution in [0.5, 0.6) is 0 Å². The summed E-state index contributed by atoms with van der Waals surface area (Å²) in [5.41, 5.74) is 0.252. The maximum absolute atomic E-state index is 14.4. The average molecular weight is 435 g/mol. The van der Waals surface area contributed by atoms with E-state index in [2.05, 4.69) is 10.2 Å². The predicted molar refractivity (Wildman–Crippen MR) is 104 cm³/mol. The number of benzene rings is 2. The molecule has 0 radical (unpaired) electrons. The maximum atomic E-state index is 14.4. The van der Waals surface area contributed by atoms with Crippen LogP contribution in [0.2, 0.25) is 5.02 Å². The molecule has 0 bridgehead atoms. The summed E-state index contributed by atoms with van der Waals surface area (Å²) in [5.74, 6) is -1.19. The minimum Gasteiger partial charge on any atom is -0.288 e. The van der Waals surface area contributed by atoms with Gasteiger partial charge in [-0.05, 0) is 48.5 Å². The third-order valence-electron chi connectivity index (χ3n) is 4.33. The zero-order valence-electron chi connectivity index (χ0n) is 14.7. The lowest BCUT2D eigenvalue weighted by Gasteiger charge is -2.25. The van der Waals surface area contributed by atoms with Crippen LogP contribution in [0.3, 0.4) is 0 Å². The van der Waals surface area contributed by atoms with E-state index in [1.54, 1.807) is 6.20 Å². The zero-order valence-corrected chi connectivity index (χ0v) is 16.3. The summed E-state index contributed by atoms with van der Waals surface area (Å²) in [5, 5.41) is 7.67. The Morgan fingerprint density at radius 3 is 2.52 bits per heavy atom. The van der Waals surface area contributed by atoms with Crippen LogP contribution in [-0.2, 0) is 16.6 Å². The highest BCUT2D eigenvalue weighted by Gasteiger charge is 2.29. The van der Waals surface area contributed by atoms with Gasteiger partial charge in [0.05, 0.1) is 12.2 Å². The molecule has 0 aliphatic rings. The molecule has 148 valence electrons. The van der Waals surface area contributed by atoms with Crippen LogP contribution < -0.4 is 4.31 Å². The highest BCUT2D eigenvalue weighted by atomic mass is 35.5. The Hall–Kier alpha value is -3.04. The van der Waals surface area contributed by atoms with Gasteiger partial charge in [0, 0.05) is 16.8 Å². The Morgan fingerprint density at radius 1 is 1.03 bits per heavy atom. The zero-order chi connectivity index (χ0) is 20.6. The number of fused-ring (bicyclic) bond motifs is 1. The molecule has 0 fully saturated rings. The monoisotopic (exact) mass is 434 g/mol. The van der Waals surface area contributed by atoms with Crippen molar-refractivity contribution in [1.82, 2.24) is 14.6 Å². The number of hydrogen-bond acceptors (Lipinski definition) is 4. The fourth-order valence-electron chi connectivity index (χ4n) is 2.90. The number of nitrogens with zero attached hydrogens (tertiary/aromatic N) is 4. The van der Waals surface area contributed by atoms with E-state index in [0.29, 0.717) is 0 Å². The van der Waals surface area contributed by atoms with Crippen molar-refractivity contribution >= 4 is 33.0 Å². The van der Waals surface area contributed by atoms with Gasteiger partial charge in [0.1, 0.15) is 22.9 Å². The molecule has 2 heterocycles. The van der Waals surface area contributed by atoms with E-state index in [1.165, 1.54) is 53.2 Å². The number of halogens is 3. The first-order valence-electron chi connectivity index (χ1n) is 8.37.